The summed E-state index contributed by atoms with van der Waals surface area (Å²) in [6.45, 7) is 13.5. The Bertz CT molecular complexity index is 2040. The summed E-state index contributed by atoms with van der Waals surface area (Å²) in [5.41, 5.74) is 11.3. The van der Waals surface area contributed by atoms with E-state index in [0.29, 0.717) is 0 Å². The molecule has 0 atom stereocenters. The monoisotopic (exact) mass is 563 g/mol. The van der Waals surface area contributed by atoms with Crippen LogP contribution in [0.5, 0.6) is 5.75 Å². The number of para-hydroxylation sites is 1. The highest BCUT2D eigenvalue weighted by Gasteiger charge is 2.44. The molecular formula is C38H34BNOS. The van der Waals surface area contributed by atoms with Gasteiger partial charge in [0.15, 0.2) is 0 Å². The second-order valence-electron chi connectivity index (χ2n) is 13.8. The Kier molecular flexibility index (Phi) is 5.35. The third-order valence-corrected chi connectivity index (χ3v) is 10.2. The van der Waals surface area contributed by atoms with E-state index in [1.165, 1.54) is 70.4 Å². The zero-order valence-electron chi connectivity index (χ0n) is 25.1. The molecule has 1 aromatic heterocycles. The van der Waals surface area contributed by atoms with Crippen LogP contribution in [0.3, 0.4) is 0 Å². The van der Waals surface area contributed by atoms with Crippen molar-refractivity contribution in [3.05, 3.63) is 108 Å². The van der Waals surface area contributed by atoms with Gasteiger partial charge in [-0.25, -0.2) is 0 Å². The van der Waals surface area contributed by atoms with Crippen LogP contribution in [0.15, 0.2) is 97.1 Å². The van der Waals surface area contributed by atoms with E-state index in [1.807, 2.05) is 11.3 Å². The minimum absolute atomic E-state index is 0.0271. The zero-order valence-corrected chi connectivity index (χ0v) is 25.9. The number of thiophene rings is 1. The molecule has 0 bridgehead atoms. The summed E-state index contributed by atoms with van der Waals surface area (Å²) in [5, 5.41) is 2.62. The third-order valence-electron chi connectivity index (χ3n) is 9.00. The van der Waals surface area contributed by atoms with Crippen LogP contribution < -0.4 is 20.5 Å². The van der Waals surface area contributed by atoms with Crippen LogP contribution in [0, 0.1) is 0 Å². The van der Waals surface area contributed by atoms with Crippen LogP contribution in [0.1, 0.15) is 52.7 Å². The van der Waals surface area contributed by atoms with E-state index in [9.17, 15) is 0 Å². The average Bonchev–Trinajstić information content (AvgIpc) is 3.34. The second-order valence-corrected chi connectivity index (χ2v) is 14.9. The van der Waals surface area contributed by atoms with Crippen LogP contribution in [-0.2, 0) is 10.8 Å². The molecule has 0 radical (unpaired) electrons. The van der Waals surface area contributed by atoms with Crippen molar-refractivity contribution in [1.82, 2.24) is 0 Å². The van der Waals surface area contributed by atoms with Crippen LogP contribution in [0.4, 0.5) is 17.1 Å². The zero-order chi connectivity index (χ0) is 29.0. The predicted molar refractivity (Wildman–Crippen MR) is 182 cm³/mol. The second kappa shape index (κ2) is 8.75. The summed E-state index contributed by atoms with van der Waals surface area (Å²) >= 11 is 1.90. The molecule has 8 rings (SSSR count). The van der Waals surface area contributed by atoms with Crippen molar-refractivity contribution >= 4 is 66.4 Å². The Balaban J connectivity index is 1.50. The first-order chi connectivity index (χ1) is 20.1. The van der Waals surface area contributed by atoms with E-state index >= 15 is 0 Å². The number of rotatable bonds is 1. The minimum atomic E-state index is -0.179. The SMILES string of the molecule is CC(C)(C)c1ccc(N2c3ccc(C(C)(C)C)cc3B3Oc4ccccc4-c4c3c2cc2c4sc3ccccc32)cc1. The van der Waals surface area contributed by atoms with Gasteiger partial charge >= 0.3 is 6.92 Å². The van der Waals surface area contributed by atoms with Crippen LogP contribution >= 0.6 is 11.3 Å². The molecule has 0 saturated heterocycles. The van der Waals surface area contributed by atoms with Crippen LogP contribution in [-0.4, -0.2) is 6.92 Å². The molecule has 5 aromatic carbocycles. The molecule has 6 aromatic rings. The maximum absolute atomic E-state index is 6.98. The molecule has 0 spiro atoms. The van der Waals surface area contributed by atoms with Gasteiger partial charge in [0.25, 0.3) is 0 Å². The largest absolute Gasteiger partial charge is 0.551 e. The number of hydrogen-bond acceptors (Lipinski definition) is 3. The average molecular weight is 564 g/mol. The van der Waals surface area contributed by atoms with E-state index in [4.69, 9.17) is 4.65 Å². The smallest absolute Gasteiger partial charge is 0.431 e. The molecule has 0 saturated carbocycles. The molecule has 0 amide bonds. The molecule has 3 heterocycles. The first-order valence-electron chi connectivity index (χ1n) is 14.9. The van der Waals surface area contributed by atoms with Gasteiger partial charge < -0.3 is 9.55 Å². The molecule has 0 fully saturated rings. The van der Waals surface area contributed by atoms with Crippen molar-refractivity contribution in [3.63, 3.8) is 0 Å². The minimum Gasteiger partial charge on any atom is -0.551 e. The summed E-state index contributed by atoms with van der Waals surface area (Å²) in [4.78, 5) is 2.48. The normalized spacial score (nSPS) is 14.0. The Morgan fingerprint density at radius 1 is 0.667 bits per heavy atom. The first-order valence-corrected chi connectivity index (χ1v) is 15.7. The van der Waals surface area contributed by atoms with Gasteiger partial charge in [-0.3, -0.25) is 0 Å². The maximum Gasteiger partial charge on any atom is 0.431 e. The van der Waals surface area contributed by atoms with Gasteiger partial charge in [0.05, 0.1) is 0 Å². The highest BCUT2D eigenvalue weighted by Crippen LogP contribution is 2.49. The van der Waals surface area contributed by atoms with Crippen molar-refractivity contribution < 1.29 is 4.65 Å². The fourth-order valence-electron chi connectivity index (χ4n) is 6.71. The van der Waals surface area contributed by atoms with Crippen molar-refractivity contribution in [2.75, 3.05) is 4.90 Å². The number of fused-ring (bicyclic) bond motifs is 8. The molecule has 206 valence electrons. The predicted octanol–water partition coefficient (Wildman–Crippen LogP) is 9.60. The van der Waals surface area contributed by atoms with E-state index in [1.54, 1.807) is 0 Å². The van der Waals surface area contributed by atoms with Crippen molar-refractivity contribution in [3.8, 4) is 16.9 Å². The lowest BCUT2D eigenvalue weighted by atomic mass is 9.49. The van der Waals surface area contributed by atoms with Gasteiger partial charge in [-0.1, -0.05) is 102 Å². The Morgan fingerprint density at radius 2 is 1.36 bits per heavy atom. The summed E-state index contributed by atoms with van der Waals surface area (Å²) in [5.74, 6) is 0.959. The van der Waals surface area contributed by atoms with Crippen LogP contribution in [0.25, 0.3) is 31.3 Å². The summed E-state index contributed by atoms with van der Waals surface area (Å²) in [6, 6.07) is 36.0. The molecular weight excluding hydrogens is 529 g/mol. The van der Waals surface area contributed by atoms with Gasteiger partial charge in [0.2, 0.25) is 0 Å². The molecule has 0 N–H and O–H groups in total. The van der Waals surface area contributed by atoms with Gasteiger partial charge in [0, 0.05) is 53.8 Å². The molecule has 2 aliphatic rings. The van der Waals surface area contributed by atoms with E-state index in [2.05, 4.69) is 144 Å². The summed E-state index contributed by atoms with van der Waals surface area (Å²) in [7, 11) is 0. The summed E-state index contributed by atoms with van der Waals surface area (Å²) in [6.07, 6.45) is 0. The highest BCUT2D eigenvalue weighted by atomic mass is 32.1. The topological polar surface area (TPSA) is 12.5 Å². The standard InChI is InChI=1S/C38H34BNOS/c1-37(2,3)23-15-18-25(19-16-23)40-30-20-17-24(38(4,5)6)21-29(30)39-35-31(40)22-28-26-11-8-10-14-33(26)42-36(28)34(35)27-12-7-9-13-32(27)41-39/h7-22H,1-6H3. The van der Waals surface area contributed by atoms with Crippen molar-refractivity contribution in [2.45, 2.75) is 52.4 Å². The van der Waals surface area contributed by atoms with Gasteiger partial charge in [0.1, 0.15) is 5.75 Å². The Labute approximate surface area is 252 Å². The quantitative estimate of drug-likeness (QED) is 0.185. The molecule has 2 nitrogen and oxygen atoms in total. The number of benzene rings is 5. The Hall–Kier alpha value is -4.02. The lowest BCUT2D eigenvalue weighted by molar-refractivity contribution is 0.585. The van der Waals surface area contributed by atoms with Gasteiger partial charge in [-0.2, -0.15) is 0 Å². The van der Waals surface area contributed by atoms with Crippen molar-refractivity contribution in [1.29, 1.82) is 0 Å². The maximum atomic E-state index is 6.98. The number of nitrogens with zero attached hydrogens (tertiary/aromatic N) is 1. The lowest BCUT2D eigenvalue weighted by Crippen LogP contribution is -2.56. The number of anilines is 3. The molecule has 42 heavy (non-hydrogen) atoms. The molecule has 4 heteroatoms. The number of hydrogen-bond donors (Lipinski definition) is 0. The fraction of sp³-hybridized carbons (Fsp3) is 0.211. The lowest BCUT2D eigenvalue weighted by Gasteiger charge is -2.40. The molecule has 2 aliphatic heterocycles. The highest BCUT2D eigenvalue weighted by molar-refractivity contribution is 7.26. The fourth-order valence-corrected chi connectivity index (χ4v) is 7.97. The van der Waals surface area contributed by atoms with Gasteiger partial charge in [-0.05, 0) is 63.8 Å². The summed E-state index contributed by atoms with van der Waals surface area (Å²) < 4.78 is 9.64. The van der Waals surface area contributed by atoms with E-state index < -0.39 is 0 Å². The van der Waals surface area contributed by atoms with Crippen molar-refractivity contribution in [2.24, 2.45) is 0 Å². The van der Waals surface area contributed by atoms with E-state index in [0.717, 1.165) is 5.75 Å². The van der Waals surface area contributed by atoms with Gasteiger partial charge in [-0.15, -0.1) is 11.3 Å². The van der Waals surface area contributed by atoms with E-state index in [-0.39, 0.29) is 17.7 Å². The first kappa shape index (κ1) is 25.7. The third kappa shape index (κ3) is 3.71. The van der Waals surface area contributed by atoms with Crippen LogP contribution in [0.2, 0.25) is 0 Å². The molecule has 0 aliphatic carbocycles. The molecule has 0 unspecified atom stereocenters. The Morgan fingerprint density at radius 3 is 2.12 bits per heavy atom.